The van der Waals surface area contributed by atoms with Crippen LogP contribution in [0.15, 0.2) is 66.7 Å². The van der Waals surface area contributed by atoms with Gasteiger partial charge in [0.1, 0.15) is 11.5 Å². The summed E-state index contributed by atoms with van der Waals surface area (Å²) >= 11 is 0. The highest BCUT2D eigenvalue weighted by Crippen LogP contribution is 2.30. The van der Waals surface area contributed by atoms with Crippen molar-refractivity contribution < 1.29 is 23.9 Å². The number of esters is 1. The molecule has 1 N–H and O–H groups in total. The fraction of sp³-hybridized carbons (Fsp3) is 0.323. The molecule has 1 fully saturated rings. The SMILES string of the molecule is Cc1cc(C)cc(NC(=O)COC(=O)[C@H]2CC(=O)N(c3ccc(Oc4ccc(C(C)(C)C)cc4)cc3)C2)c1. The monoisotopic (exact) mass is 514 g/mol. The van der Waals surface area contributed by atoms with Gasteiger partial charge in [0.2, 0.25) is 5.91 Å². The van der Waals surface area contributed by atoms with Crippen molar-refractivity contribution in [3.05, 3.63) is 83.4 Å². The van der Waals surface area contributed by atoms with Crippen molar-refractivity contribution in [2.24, 2.45) is 5.92 Å². The van der Waals surface area contributed by atoms with Gasteiger partial charge in [0, 0.05) is 24.3 Å². The number of nitrogens with zero attached hydrogens (tertiary/aromatic N) is 1. The fourth-order valence-electron chi connectivity index (χ4n) is 4.47. The minimum Gasteiger partial charge on any atom is -0.457 e. The Hall–Kier alpha value is -4.13. The third-order valence-electron chi connectivity index (χ3n) is 6.41. The van der Waals surface area contributed by atoms with Crippen molar-refractivity contribution in [2.75, 3.05) is 23.4 Å². The van der Waals surface area contributed by atoms with Crippen LogP contribution in [-0.4, -0.2) is 30.9 Å². The zero-order chi connectivity index (χ0) is 27.4. The summed E-state index contributed by atoms with van der Waals surface area (Å²) in [4.78, 5) is 39.0. The third kappa shape index (κ3) is 6.79. The van der Waals surface area contributed by atoms with Gasteiger partial charge in [0.05, 0.1) is 5.92 Å². The lowest BCUT2D eigenvalue weighted by molar-refractivity contribution is -0.151. The van der Waals surface area contributed by atoms with Crippen LogP contribution in [0.25, 0.3) is 0 Å². The Bertz CT molecular complexity index is 1300. The highest BCUT2D eigenvalue weighted by atomic mass is 16.5. The second-order valence-electron chi connectivity index (χ2n) is 10.8. The van der Waals surface area contributed by atoms with E-state index in [1.165, 1.54) is 5.56 Å². The van der Waals surface area contributed by atoms with E-state index in [1.807, 2.05) is 44.2 Å². The Kier molecular flexibility index (Phi) is 7.86. The standard InChI is InChI=1S/C31H34N2O5/c1-20-14-21(2)16-24(15-20)32-28(34)19-37-30(36)22-17-29(35)33(18-22)25-8-12-27(13-9-25)38-26-10-6-23(7-11-26)31(3,4)5/h6-16,22H,17-19H2,1-5H3,(H,32,34)/t22-/m0/s1. The van der Waals surface area contributed by atoms with E-state index in [1.54, 1.807) is 29.2 Å². The molecule has 38 heavy (non-hydrogen) atoms. The van der Waals surface area contributed by atoms with Gasteiger partial charge in [-0.1, -0.05) is 39.0 Å². The number of ether oxygens (including phenoxy) is 2. The summed E-state index contributed by atoms with van der Waals surface area (Å²) in [7, 11) is 0. The van der Waals surface area contributed by atoms with Crippen LogP contribution in [0.1, 0.15) is 43.9 Å². The van der Waals surface area contributed by atoms with E-state index in [4.69, 9.17) is 9.47 Å². The molecule has 3 aromatic carbocycles. The van der Waals surface area contributed by atoms with Crippen molar-refractivity contribution in [3.63, 3.8) is 0 Å². The van der Waals surface area contributed by atoms with Gasteiger partial charge in [-0.3, -0.25) is 14.4 Å². The van der Waals surface area contributed by atoms with Crippen molar-refractivity contribution in [1.29, 1.82) is 0 Å². The molecule has 7 nitrogen and oxygen atoms in total. The number of hydrogen-bond acceptors (Lipinski definition) is 5. The van der Waals surface area contributed by atoms with Gasteiger partial charge in [0.15, 0.2) is 6.61 Å². The average Bonchev–Trinajstić information content (AvgIpc) is 3.24. The van der Waals surface area contributed by atoms with Crippen LogP contribution in [-0.2, 0) is 24.5 Å². The maximum Gasteiger partial charge on any atom is 0.311 e. The molecular weight excluding hydrogens is 480 g/mol. The van der Waals surface area contributed by atoms with Crippen molar-refractivity contribution in [2.45, 2.75) is 46.5 Å². The molecule has 1 aliphatic heterocycles. The molecule has 0 saturated carbocycles. The molecule has 0 unspecified atom stereocenters. The summed E-state index contributed by atoms with van der Waals surface area (Å²) in [6.45, 7) is 10.2. The first kappa shape index (κ1) is 26.9. The zero-order valence-electron chi connectivity index (χ0n) is 22.5. The van der Waals surface area contributed by atoms with Gasteiger partial charge in [-0.05, 0) is 84.5 Å². The van der Waals surface area contributed by atoms with Crippen LogP contribution in [0, 0.1) is 19.8 Å². The van der Waals surface area contributed by atoms with Gasteiger partial charge in [-0.15, -0.1) is 0 Å². The average molecular weight is 515 g/mol. The number of benzene rings is 3. The lowest BCUT2D eigenvalue weighted by atomic mass is 9.87. The van der Waals surface area contributed by atoms with Crippen LogP contribution in [0.5, 0.6) is 11.5 Å². The predicted molar refractivity (Wildman–Crippen MR) is 148 cm³/mol. The van der Waals surface area contributed by atoms with Crippen LogP contribution in [0.3, 0.4) is 0 Å². The second kappa shape index (κ2) is 11.1. The summed E-state index contributed by atoms with van der Waals surface area (Å²) in [6.07, 6.45) is 0.0376. The fourth-order valence-corrected chi connectivity index (χ4v) is 4.47. The molecule has 0 radical (unpaired) electrons. The highest BCUT2D eigenvalue weighted by Gasteiger charge is 2.36. The summed E-state index contributed by atoms with van der Waals surface area (Å²) in [5.74, 6) is -0.405. The lowest BCUT2D eigenvalue weighted by Gasteiger charge is -2.19. The molecule has 3 aromatic rings. The van der Waals surface area contributed by atoms with E-state index in [0.717, 1.165) is 16.9 Å². The van der Waals surface area contributed by atoms with E-state index in [-0.39, 0.29) is 24.3 Å². The Morgan fingerprint density at radius 3 is 2.08 bits per heavy atom. The zero-order valence-corrected chi connectivity index (χ0v) is 22.5. The number of nitrogens with one attached hydrogen (secondary N) is 1. The Balaban J connectivity index is 1.29. The van der Waals surface area contributed by atoms with Gasteiger partial charge >= 0.3 is 5.97 Å². The first-order valence-corrected chi connectivity index (χ1v) is 12.7. The summed E-state index contributed by atoms with van der Waals surface area (Å²) in [6, 6.07) is 20.9. The molecule has 0 spiro atoms. The van der Waals surface area contributed by atoms with Crippen molar-refractivity contribution in [1.82, 2.24) is 0 Å². The predicted octanol–water partition coefficient (Wildman–Crippen LogP) is 5.93. The van der Waals surface area contributed by atoms with Crippen molar-refractivity contribution >= 4 is 29.2 Å². The topological polar surface area (TPSA) is 84.9 Å². The van der Waals surface area contributed by atoms with Crippen LogP contribution in [0.2, 0.25) is 0 Å². The van der Waals surface area contributed by atoms with Crippen LogP contribution < -0.4 is 15.0 Å². The quantitative estimate of drug-likeness (QED) is 0.395. The molecule has 0 bridgehead atoms. The summed E-state index contributed by atoms with van der Waals surface area (Å²) in [5.41, 5.74) is 4.67. The summed E-state index contributed by atoms with van der Waals surface area (Å²) < 4.78 is 11.2. The lowest BCUT2D eigenvalue weighted by Crippen LogP contribution is -2.28. The van der Waals surface area contributed by atoms with Gasteiger partial charge in [-0.2, -0.15) is 0 Å². The second-order valence-corrected chi connectivity index (χ2v) is 10.8. The van der Waals surface area contributed by atoms with E-state index < -0.39 is 24.4 Å². The molecule has 1 heterocycles. The van der Waals surface area contributed by atoms with Crippen LogP contribution >= 0.6 is 0 Å². The van der Waals surface area contributed by atoms with Gasteiger partial charge < -0.3 is 19.7 Å². The number of aryl methyl sites for hydroxylation is 2. The first-order valence-electron chi connectivity index (χ1n) is 12.7. The Labute approximate surface area is 223 Å². The Morgan fingerprint density at radius 1 is 0.921 bits per heavy atom. The largest absolute Gasteiger partial charge is 0.457 e. The van der Waals surface area contributed by atoms with E-state index in [9.17, 15) is 14.4 Å². The minimum atomic E-state index is -0.631. The Morgan fingerprint density at radius 2 is 1.50 bits per heavy atom. The molecule has 2 amide bonds. The maximum atomic E-state index is 12.6. The molecule has 7 heteroatoms. The molecule has 198 valence electrons. The number of carbonyl (C=O) groups excluding carboxylic acids is 3. The smallest absolute Gasteiger partial charge is 0.311 e. The highest BCUT2D eigenvalue weighted by molar-refractivity contribution is 6.00. The van der Waals surface area contributed by atoms with E-state index in [0.29, 0.717) is 17.1 Å². The first-order chi connectivity index (χ1) is 18.0. The maximum absolute atomic E-state index is 12.6. The van der Waals surface area contributed by atoms with E-state index in [2.05, 4.69) is 38.2 Å². The molecular formula is C31H34N2O5. The molecule has 1 saturated heterocycles. The minimum absolute atomic E-state index is 0.0376. The van der Waals surface area contributed by atoms with Gasteiger partial charge in [-0.25, -0.2) is 0 Å². The number of hydrogen-bond donors (Lipinski definition) is 1. The van der Waals surface area contributed by atoms with Crippen LogP contribution in [0.4, 0.5) is 11.4 Å². The molecule has 0 aromatic heterocycles. The number of anilines is 2. The molecule has 4 rings (SSSR count). The molecule has 1 aliphatic rings. The number of rotatable bonds is 7. The van der Waals surface area contributed by atoms with E-state index >= 15 is 0 Å². The number of carbonyl (C=O) groups is 3. The van der Waals surface area contributed by atoms with Crippen molar-refractivity contribution in [3.8, 4) is 11.5 Å². The molecule has 0 aliphatic carbocycles. The summed E-state index contributed by atoms with van der Waals surface area (Å²) in [5, 5.41) is 2.74. The molecule has 1 atom stereocenters. The van der Waals surface area contributed by atoms with Gasteiger partial charge in [0.25, 0.3) is 5.91 Å². The number of amides is 2. The normalized spacial score (nSPS) is 15.3. The third-order valence-corrected chi connectivity index (χ3v) is 6.41.